The fourth-order valence-electron chi connectivity index (χ4n) is 2.60. The van der Waals surface area contributed by atoms with Crippen LogP contribution in [0.4, 0.5) is 11.4 Å². The third kappa shape index (κ3) is 5.01. The highest BCUT2D eigenvalue weighted by atomic mass is 15.1. The van der Waals surface area contributed by atoms with E-state index < -0.39 is 0 Å². The Hall–Kier alpha value is -3.48. The van der Waals surface area contributed by atoms with Crippen molar-refractivity contribution < 1.29 is 0 Å². The number of anilines is 1. The zero-order chi connectivity index (χ0) is 18.8. The fourth-order valence-corrected chi connectivity index (χ4v) is 2.60. The molecule has 0 fully saturated rings. The largest absolute Gasteiger partial charge is 0.372 e. The summed E-state index contributed by atoms with van der Waals surface area (Å²) in [5, 5.41) is 12.9. The molecule has 130 valence electrons. The van der Waals surface area contributed by atoms with Gasteiger partial charge in [-0.25, -0.2) is 0 Å². The molecule has 2 aromatic carbocycles. The first kappa shape index (κ1) is 18.9. The molecule has 0 saturated carbocycles. The minimum atomic E-state index is 0.525. The molecule has 0 bridgehead atoms. The van der Waals surface area contributed by atoms with Crippen molar-refractivity contribution in [3.05, 3.63) is 82.3 Å². The minimum Gasteiger partial charge on any atom is -0.372 e. The molecule has 0 aliphatic rings. The van der Waals surface area contributed by atoms with E-state index in [0.29, 0.717) is 11.3 Å². The molecule has 2 aromatic rings. The second kappa shape index (κ2) is 9.73. The van der Waals surface area contributed by atoms with E-state index in [0.717, 1.165) is 24.2 Å². The van der Waals surface area contributed by atoms with E-state index in [1.165, 1.54) is 5.69 Å². The van der Waals surface area contributed by atoms with Crippen molar-refractivity contribution in [1.82, 2.24) is 0 Å². The third-order valence-electron chi connectivity index (χ3n) is 4.03. The van der Waals surface area contributed by atoms with Crippen molar-refractivity contribution in [3.8, 4) is 6.07 Å². The number of benzene rings is 2. The van der Waals surface area contributed by atoms with Gasteiger partial charge in [0.25, 0.3) is 0 Å². The SMILES string of the molecule is CCN(CC)c1ccc(/C=C/C=C(\C#N)c2ccc(N=[N+]=[N-])cc2)cc1. The summed E-state index contributed by atoms with van der Waals surface area (Å²) in [5.74, 6) is 0. The standard InChI is InChI=1S/C21H21N5/c1-3-26(4-2)21-14-8-17(9-15-21)6-5-7-19(16-22)18-10-12-20(13-11-18)24-25-23/h5-15H,3-4H2,1-2H3/b6-5+,19-7+. The molecular weight excluding hydrogens is 322 g/mol. The van der Waals surface area contributed by atoms with E-state index >= 15 is 0 Å². The van der Waals surface area contributed by atoms with Gasteiger partial charge in [-0.05, 0) is 48.7 Å². The zero-order valence-corrected chi connectivity index (χ0v) is 15.0. The van der Waals surface area contributed by atoms with Gasteiger partial charge in [-0.2, -0.15) is 5.26 Å². The topological polar surface area (TPSA) is 75.8 Å². The number of allylic oxidation sites excluding steroid dienone is 3. The number of hydrogen-bond acceptors (Lipinski definition) is 3. The van der Waals surface area contributed by atoms with Crippen molar-refractivity contribution in [2.24, 2.45) is 5.11 Å². The van der Waals surface area contributed by atoms with Gasteiger partial charge in [-0.3, -0.25) is 0 Å². The fraction of sp³-hybridized carbons (Fsp3) is 0.190. The van der Waals surface area contributed by atoms with Crippen LogP contribution in [-0.2, 0) is 0 Å². The lowest BCUT2D eigenvalue weighted by molar-refractivity contribution is 0.866. The van der Waals surface area contributed by atoms with Crippen LogP contribution in [0.15, 0.2) is 65.8 Å². The summed E-state index contributed by atoms with van der Waals surface area (Å²) in [4.78, 5) is 5.04. The third-order valence-corrected chi connectivity index (χ3v) is 4.03. The van der Waals surface area contributed by atoms with E-state index in [4.69, 9.17) is 5.53 Å². The van der Waals surface area contributed by atoms with Crippen LogP contribution in [0.2, 0.25) is 0 Å². The smallest absolute Gasteiger partial charge is 0.0997 e. The van der Waals surface area contributed by atoms with Gasteiger partial charge in [-0.15, -0.1) is 0 Å². The Morgan fingerprint density at radius 2 is 1.77 bits per heavy atom. The highest BCUT2D eigenvalue weighted by Crippen LogP contribution is 2.20. The summed E-state index contributed by atoms with van der Waals surface area (Å²) < 4.78 is 0. The summed E-state index contributed by atoms with van der Waals surface area (Å²) in [6.07, 6.45) is 5.62. The summed E-state index contributed by atoms with van der Waals surface area (Å²) >= 11 is 0. The Labute approximate surface area is 154 Å². The summed E-state index contributed by atoms with van der Waals surface area (Å²) in [6.45, 7) is 6.26. The van der Waals surface area contributed by atoms with Gasteiger partial charge in [0.1, 0.15) is 0 Å². The molecule has 0 aromatic heterocycles. The molecule has 0 heterocycles. The zero-order valence-electron chi connectivity index (χ0n) is 15.0. The predicted molar refractivity (Wildman–Crippen MR) is 108 cm³/mol. The van der Waals surface area contributed by atoms with Crippen molar-refractivity contribution in [3.63, 3.8) is 0 Å². The Bertz CT molecular complexity index is 860. The predicted octanol–water partition coefficient (Wildman–Crippen LogP) is 6.09. The molecule has 2 rings (SSSR count). The molecular formula is C21H21N5. The molecule has 0 amide bonds. The van der Waals surface area contributed by atoms with Crippen molar-refractivity contribution in [1.29, 1.82) is 5.26 Å². The highest BCUT2D eigenvalue weighted by molar-refractivity contribution is 5.79. The van der Waals surface area contributed by atoms with Crippen molar-refractivity contribution >= 4 is 23.0 Å². The molecule has 0 N–H and O–H groups in total. The molecule has 5 nitrogen and oxygen atoms in total. The van der Waals surface area contributed by atoms with Crippen molar-refractivity contribution in [2.45, 2.75) is 13.8 Å². The average Bonchev–Trinajstić information content (AvgIpc) is 2.68. The number of nitriles is 1. The monoisotopic (exact) mass is 343 g/mol. The van der Waals surface area contributed by atoms with E-state index in [2.05, 4.69) is 59.1 Å². The molecule has 0 atom stereocenters. The van der Waals surface area contributed by atoms with Gasteiger partial charge in [-0.1, -0.05) is 53.7 Å². The Balaban J connectivity index is 2.13. The van der Waals surface area contributed by atoms with E-state index in [9.17, 15) is 5.26 Å². The van der Waals surface area contributed by atoms with Gasteiger partial charge in [0, 0.05) is 29.4 Å². The summed E-state index contributed by atoms with van der Waals surface area (Å²) in [7, 11) is 0. The van der Waals surface area contributed by atoms with Gasteiger partial charge < -0.3 is 4.90 Å². The van der Waals surface area contributed by atoms with Crippen LogP contribution in [0, 0.1) is 11.3 Å². The van der Waals surface area contributed by atoms with Crippen LogP contribution in [0.25, 0.3) is 22.1 Å². The van der Waals surface area contributed by atoms with Gasteiger partial charge in [0.2, 0.25) is 0 Å². The number of nitrogens with zero attached hydrogens (tertiary/aromatic N) is 5. The number of rotatable bonds is 7. The maximum atomic E-state index is 9.36. The normalized spacial score (nSPS) is 11.0. The summed E-state index contributed by atoms with van der Waals surface area (Å²) in [5.41, 5.74) is 12.6. The lowest BCUT2D eigenvalue weighted by Crippen LogP contribution is -2.21. The first-order valence-electron chi connectivity index (χ1n) is 8.50. The molecule has 26 heavy (non-hydrogen) atoms. The number of hydrogen-bond donors (Lipinski definition) is 0. The molecule has 0 spiro atoms. The Morgan fingerprint density at radius 3 is 2.31 bits per heavy atom. The van der Waals surface area contributed by atoms with E-state index in [1.807, 2.05) is 12.2 Å². The molecule has 5 heteroatoms. The second-order valence-electron chi connectivity index (χ2n) is 5.55. The Kier molecular flexibility index (Phi) is 7.05. The van der Waals surface area contributed by atoms with E-state index in [1.54, 1.807) is 30.3 Å². The van der Waals surface area contributed by atoms with Crippen LogP contribution < -0.4 is 4.90 Å². The first-order chi connectivity index (χ1) is 12.7. The van der Waals surface area contributed by atoms with Gasteiger partial charge in [0.15, 0.2) is 0 Å². The van der Waals surface area contributed by atoms with E-state index in [-0.39, 0.29) is 0 Å². The average molecular weight is 343 g/mol. The van der Waals surface area contributed by atoms with Crippen LogP contribution in [0.1, 0.15) is 25.0 Å². The molecule has 0 aliphatic carbocycles. The molecule has 0 aliphatic heterocycles. The van der Waals surface area contributed by atoms with Crippen LogP contribution in [-0.4, -0.2) is 13.1 Å². The lowest BCUT2D eigenvalue weighted by Gasteiger charge is -2.20. The minimum absolute atomic E-state index is 0.525. The highest BCUT2D eigenvalue weighted by Gasteiger charge is 2.01. The quantitative estimate of drug-likeness (QED) is 0.200. The maximum Gasteiger partial charge on any atom is 0.0997 e. The molecule has 0 saturated heterocycles. The first-order valence-corrected chi connectivity index (χ1v) is 8.50. The lowest BCUT2D eigenvalue weighted by atomic mass is 10.1. The van der Waals surface area contributed by atoms with Crippen LogP contribution in [0.5, 0.6) is 0 Å². The Morgan fingerprint density at radius 1 is 1.12 bits per heavy atom. The number of azide groups is 1. The molecule has 0 unspecified atom stereocenters. The van der Waals surface area contributed by atoms with Crippen LogP contribution >= 0.6 is 0 Å². The molecule has 0 radical (unpaired) electrons. The van der Waals surface area contributed by atoms with Gasteiger partial charge in [0.05, 0.1) is 11.6 Å². The van der Waals surface area contributed by atoms with Crippen LogP contribution in [0.3, 0.4) is 0 Å². The maximum absolute atomic E-state index is 9.36. The van der Waals surface area contributed by atoms with Gasteiger partial charge >= 0.3 is 0 Å². The summed E-state index contributed by atoms with van der Waals surface area (Å²) in [6, 6.07) is 17.5. The van der Waals surface area contributed by atoms with Crippen molar-refractivity contribution in [2.75, 3.05) is 18.0 Å². The second-order valence-corrected chi connectivity index (χ2v) is 5.55.